The Labute approximate surface area is 192 Å². The van der Waals surface area contributed by atoms with E-state index in [1.54, 1.807) is 54.9 Å². The standard InChI is InChI=1S/C23H25N3O4S2/c1-17-5-8-19(13-22(17)32(28,29)26-11-3-2-4-12-26)25-23(27)18-6-9-21(10-7-18)30-14-20-15-31-16-24-20/h5-10,13,15-16H,2-4,11-12,14H2,1H3,(H,25,27). The third kappa shape index (κ3) is 5.17. The third-order valence-corrected chi connectivity index (χ3v) is 8.04. The third-order valence-electron chi connectivity index (χ3n) is 5.37. The van der Waals surface area contributed by atoms with E-state index < -0.39 is 10.0 Å². The molecule has 1 aliphatic rings. The quantitative estimate of drug-likeness (QED) is 0.550. The van der Waals surface area contributed by atoms with Crippen LogP contribution in [0.25, 0.3) is 0 Å². The van der Waals surface area contributed by atoms with Gasteiger partial charge >= 0.3 is 0 Å². The number of piperidine rings is 1. The molecule has 0 bridgehead atoms. The number of nitrogens with one attached hydrogen (secondary N) is 1. The molecule has 0 atom stereocenters. The number of sulfonamides is 1. The first-order valence-electron chi connectivity index (χ1n) is 10.5. The van der Waals surface area contributed by atoms with Gasteiger partial charge in [-0.15, -0.1) is 11.3 Å². The van der Waals surface area contributed by atoms with Crippen molar-refractivity contribution in [1.82, 2.24) is 9.29 Å². The van der Waals surface area contributed by atoms with Crippen molar-refractivity contribution < 1.29 is 17.9 Å². The number of ether oxygens (including phenoxy) is 1. The number of hydrogen-bond donors (Lipinski definition) is 1. The van der Waals surface area contributed by atoms with Crippen molar-refractivity contribution in [3.05, 3.63) is 70.2 Å². The molecule has 3 aromatic rings. The lowest BCUT2D eigenvalue weighted by molar-refractivity contribution is 0.102. The number of rotatable bonds is 7. The van der Waals surface area contributed by atoms with Crippen molar-refractivity contribution in [2.24, 2.45) is 0 Å². The number of nitrogens with zero attached hydrogens (tertiary/aromatic N) is 2. The topological polar surface area (TPSA) is 88.6 Å². The maximum Gasteiger partial charge on any atom is 0.255 e. The summed E-state index contributed by atoms with van der Waals surface area (Å²) in [5.41, 5.74) is 4.16. The van der Waals surface area contributed by atoms with Gasteiger partial charge in [-0.2, -0.15) is 4.31 Å². The molecule has 0 saturated carbocycles. The average Bonchev–Trinajstić information content (AvgIpc) is 3.33. The Kier molecular flexibility index (Phi) is 6.88. The SMILES string of the molecule is Cc1ccc(NC(=O)c2ccc(OCc3cscn3)cc2)cc1S(=O)(=O)N1CCCCC1. The van der Waals surface area contributed by atoms with Crippen molar-refractivity contribution in [2.75, 3.05) is 18.4 Å². The second-order valence-electron chi connectivity index (χ2n) is 7.69. The summed E-state index contributed by atoms with van der Waals surface area (Å²) in [4.78, 5) is 17.1. The van der Waals surface area contributed by atoms with E-state index in [2.05, 4.69) is 10.3 Å². The van der Waals surface area contributed by atoms with Gasteiger partial charge in [-0.3, -0.25) is 4.79 Å². The number of anilines is 1. The van der Waals surface area contributed by atoms with Gasteiger partial charge in [0.2, 0.25) is 10.0 Å². The molecule has 1 amide bonds. The molecule has 2 aromatic carbocycles. The first-order valence-corrected chi connectivity index (χ1v) is 12.8. The van der Waals surface area contributed by atoms with Crippen molar-refractivity contribution in [2.45, 2.75) is 37.7 Å². The van der Waals surface area contributed by atoms with Crippen LogP contribution in [0.1, 0.15) is 40.9 Å². The summed E-state index contributed by atoms with van der Waals surface area (Å²) < 4.78 is 33.4. The van der Waals surface area contributed by atoms with Crippen molar-refractivity contribution >= 4 is 33.0 Å². The fourth-order valence-corrected chi connectivity index (χ4v) is 5.88. The number of carbonyl (C=O) groups is 1. The van der Waals surface area contributed by atoms with Crippen LogP contribution in [0.3, 0.4) is 0 Å². The summed E-state index contributed by atoms with van der Waals surface area (Å²) in [5, 5.41) is 4.72. The molecule has 168 valence electrons. The Hall–Kier alpha value is -2.75. The Morgan fingerprint density at radius 2 is 1.88 bits per heavy atom. The number of amides is 1. The minimum Gasteiger partial charge on any atom is -0.487 e. The first-order chi connectivity index (χ1) is 15.4. The van der Waals surface area contributed by atoms with Crippen LogP contribution < -0.4 is 10.1 Å². The summed E-state index contributed by atoms with van der Waals surface area (Å²) in [6.45, 7) is 3.21. The van der Waals surface area contributed by atoms with E-state index in [0.29, 0.717) is 42.3 Å². The zero-order valence-corrected chi connectivity index (χ0v) is 19.4. The van der Waals surface area contributed by atoms with E-state index in [1.807, 2.05) is 5.38 Å². The molecule has 1 aromatic heterocycles. The van der Waals surface area contributed by atoms with Crippen LogP contribution in [0.15, 0.2) is 58.3 Å². The van der Waals surface area contributed by atoms with Gasteiger partial charge in [0, 0.05) is 29.7 Å². The van der Waals surface area contributed by atoms with Gasteiger partial charge in [0.05, 0.1) is 16.1 Å². The maximum absolute atomic E-state index is 13.1. The molecule has 0 spiro atoms. The van der Waals surface area contributed by atoms with Crippen LogP contribution in [0.5, 0.6) is 5.75 Å². The molecule has 1 N–H and O–H groups in total. The van der Waals surface area contributed by atoms with Gasteiger partial charge in [0.25, 0.3) is 5.91 Å². The second kappa shape index (κ2) is 9.81. The molecule has 32 heavy (non-hydrogen) atoms. The lowest BCUT2D eigenvalue weighted by Gasteiger charge is -2.26. The van der Waals surface area contributed by atoms with Gasteiger partial charge in [-0.25, -0.2) is 13.4 Å². The van der Waals surface area contributed by atoms with Gasteiger partial charge in [-0.1, -0.05) is 12.5 Å². The van der Waals surface area contributed by atoms with Crippen LogP contribution in [0.2, 0.25) is 0 Å². The van der Waals surface area contributed by atoms with Crippen LogP contribution in [-0.4, -0.2) is 36.7 Å². The maximum atomic E-state index is 13.1. The summed E-state index contributed by atoms with van der Waals surface area (Å²) in [6, 6.07) is 11.8. The lowest BCUT2D eigenvalue weighted by atomic mass is 10.2. The molecule has 1 aliphatic heterocycles. The van der Waals surface area contributed by atoms with Gasteiger partial charge in [-0.05, 0) is 61.7 Å². The smallest absolute Gasteiger partial charge is 0.255 e. The van der Waals surface area contributed by atoms with Gasteiger partial charge in [0.1, 0.15) is 12.4 Å². The van der Waals surface area contributed by atoms with E-state index in [9.17, 15) is 13.2 Å². The highest BCUT2D eigenvalue weighted by Crippen LogP contribution is 2.26. The number of aromatic nitrogens is 1. The number of carbonyl (C=O) groups excluding carboxylic acids is 1. The second-order valence-corrected chi connectivity index (χ2v) is 10.3. The molecular formula is C23H25N3O4S2. The Balaban J connectivity index is 1.44. The molecule has 0 unspecified atom stereocenters. The molecule has 7 nitrogen and oxygen atoms in total. The molecule has 0 radical (unpaired) electrons. The zero-order valence-electron chi connectivity index (χ0n) is 17.8. The molecule has 9 heteroatoms. The van der Waals surface area contributed by atoms with E-state index in [4.69, 9.17) is 4.74 Å². The van der Waals surface area contributed by atoms with E-state index in [-0.39, 0.29) is 10.8 Å². The first kappa shape index (κ1) is 22.4. The van der Waals surface area contributed by atoms with Crippen LogP contribution >= 0.6 is 11.3 Å². The lowest BCUT2D eigenvalue weighted by Crippen LogP contribution is -2.36. The minimum absolute atomic E-state index is 0.239. The average molecular weight is 472 g/mol. The molecule has 4 rings (SSSR count). The van der Waals surface area contributed by atoms with Crippen molar-refractivity contribution in [3.8, 4) is 5.75 Å². The fourth-order valence-electron chi connectivity index (χ4n) is 3.57. The summed E-state index contributed by atoms with van der Waals surface area (Å²) in [5.74, 6) is 0.320. The predicted molar refractivity (Wildman–Crippen MR) is 125 cm³/mol. The van der Waals surface area contributed by atoms with Crippen molar-refractivity contribution in [3.63, 3.8) is 0 Å². The highest BCUT2D eigenvalue weighted by atomic mass is 32.2. The highest BCUT2D eigenvalue weighted by Gasteiger charge is 2.27. The van der Waals surface area contributed by atoms with Crippen LogP contribution in [0.4, 0.5) is 5.69 Å². The number of hydrogen-bond acceptors (Lipinski definition) is 6. The Morgan fingerprint density at radius 3 is 2.56 bits per heavy atom. The summed E-state index contributed by atoms with van der Waals surface area (Å²) in [7, 11) is -3.59. The van der Waals surface area contributed by atoms with Crippen molar-refractivity contribution in [1.29, 1.82) is 0 Å². The van der Waals surface area contributed by atoms with Gasteiger partial charge < -0.3 is 10.1 Å². The zero-order chi connectivity index (χ0) is 22.6. The highest BCUT2D eigenvalue weighted by molar-refractivity contribution is 7.89. The summed E-state index contributed by atoms with van der Waals surface area (Å²) in [6.07, 6.45) is 2.80. The number of aryl methyl sites for hydroxylation is 1. The molecular weight excluding hydrogens is 446 g/mol. The number of benzene rings is 2. The Morgan fingerprint density at radius 1 is 1.12 bits per heavy atom. The molecule has 1 fully saturated rings. The van der Waals surface area contributed by atoms with Gasteiger partial charge in [0.15, 0.2) is 0 Å². The largest absolute Gasteiger partial charge is 0.487 e. The fraction of sp³-hybridized carbons (Fsp3) is 0.304. The minimum atomic E-state index is -3.59. The molecule has 2 heterocycles. The Bertz CT molecular complexity index is 1170. The van der Waals surface area contributed by atoms with Crippen LogP contribution in [-0.2, 0) is 16.6 Å². The normalized spacial score (nSPS) is 14.8. The number of thiazole rings is 1. The monoisotopic (exact) mass is 471 g/mol. The molecule has 0 aliphatic carbocycles. The van der Waals surface area contributed by atoms with Crippen LogP contribution in [0, 0.1) is 6.92 Å². The van der Waals surface area contributed by atoms with E-state index in [0.717, 1.165) is 25.0 Å². The predicted octanol–water partition coefficient (Wildman–Crippen LogP) is 4.46. The van der Waals surface area contributed by atoms with E-state index in [1.165, 1.54) is 15.6 Å². The van der Waals surface area contributed by atoms with E-state index >= 15 is 0 Å². The molecule has 1 saturated heterocycles. The summed E-state index contributed by atoms with van der Waals surface area (Å²) >= 11 is 1.51.